The van der Waals surface area contributed by atoms with Crippen molar-refractivity contribution in [2.75, 3.05) is 7.11 Å². The molecule has 1 fully saturated rings. The van der Waals surface area contributed by atoms with Gasteiger partial charge < -0.3 is 4.74 Å². The third-order valence-corrected chi connectivity index (χ3v) is 1.85. The number of hydrogen-bond acceptors (Lipinski definition) is 1. The highest BCUT2D eigenvalue weighted by Crippen LogP contribution is 2.48. The summed E-state index contributed by atoms with van der Waals surface area (Å²) in [5, 5.41) is 0. The Morgan fingerprint density at radius 3 is 2.14 bits per heavy atom. The first kappa shape index (κ1) is 5.67. The van der Waals surface area contributed by atoms with E-state index in [-0.39, 0.29) is 6.10 Å². The second kappa shape index (κ2) is 1.51. The van der Waals surface area contributed by atoms with Crippen molar-refractivity contribution in [2.45, 2.75) is 16.9 Å². The van der Waals surface area contributed by atoms with Crippen LogP contribution in [0.3, 0.4) is 0 Å². The normalized spacial score (nSPS) is 35.6. The van der Waals surface area contributed by atoms with Crippen molar-refractivity contribution in [1.29, 1.82) is 0 Å². The zero-order chi connectivity index (χ0) is 5.49. The summed E-state index contributed by atoms with van der Waals surface area (Å²) < 4.78 is 4.25. The molecule has 1 saturated carbocycles. The highest BCUT2D eigenvalue weighted by molar-refractivity contribution is 6.51. The lowest BCUT2D eigenvalue weighted by Crippen LogP contribution is -1.96. The van der Waals surface area contributed by atoms with Gasteiger partial charge in [0.05, 0.1) is 6.10 Å². The summed E-state index contributed by atoms with van der Waals surface area (Å²) >= 11 is 11.1. The predicted molar refractivity (Wildman–Crippen MR) is 29.9 cm³/mol. The lowest BCUT2D eigenvalue weighted by Gasteiger charge is -1.92. The SMILES string of the molecule is COC1CC1(Cl)Cl. The summed E-state index contributed by atoms with van der Waals surface area (Å²) in [5.74, 6) is 0. The maximum atomic E-state index is 5.55. The molecular weight excluding hydrogens is 135 g/mol. The summed E-state index contributed by atoms with van der Waals surface area (Å²) in [6, 6.07) is 0. The van der Waals surface area contributed by atoms with Gasteiger partial charge in [0.15, 0.2) is 0 Å². The maximum Gasteiger partial charge on any atom is 0.146 e. The molecule has 0 aromatic heterocycles. The van der Waals surface area contributed by atoms with Crippen LogP contribution in [0.1, 0.15) is 6.42 Å². The first-order valence-corrected chi connectivity index (χ1v) is 2.83. The molecule has 0 aromatic carbocycles. The van der Waals surface area contributed by atoms with Crippen LogP contribution in [0.25, 0.3) is 0 Å². The van der Waals surface area contributed by atoms with Crippen LogP contribution in [-0.2, 0) is 4.74 Å². The molecule has 7 heavy (non-hydrogen) atoms. The molecule has 0 N–H and O–H groups in total. The van der Waals surface area contributed by atoms with Crippen molar-refractivity contribution in [2.24, 2.45) is 0 Å². The van der Waals surface area contributed by atoms with Crippen molar-refractivity contribution in [1.82, 2.24) is 0 Å². The van der Waals surface area contributed by atoms with Crippen LogP contribution in [0.5, 0.6) is 0 Å². The Morgan fingerprint density at radius 2 is 2.14 bits per heavy atom. The van der Waals surface area contributed by atoms with E-state index in [1.54, 1.807) is 7.11 Å². The van der Waals surface area contributed by atoms with Crippen molar-refractivity contribution in [3.05, 3.63) is 0 Å². The van der Waals surface area contributed by atoms with Gasteiger partial charge >= 0.3 is 0 Å². The Labute approximate surface area is 52.5 Å². The minimum atomic E-state index is -0.561. The molecule has 0 radical (unpaired) electrons. The molecule has 0 bridgehead atoms. The summed E-state index contributed by atoms with van der Waals surface area (Å²) in [6.45, 7) is 0. The van der Waals surface area contributed by atoms with Gasteiger partial charge in [-0.25, -0.2) is 0 Å². The minimum Gasteiger partial charge on any atom is -0.378 e. The van der Waals surface area contributed by atoms with E-state index in [0.717, 1.165) is 6.42 Å². The van der Waals surface area contributed by atoms with Crippen molar-refractivity contribution >= 4 is 23.2 Å². The molecule has 1 nitrogen and oxygen atoms in total. The molecule has 1 aliphatic rings. The summed E-state index contributed by atoms with van der Waals surface area (Å²) in [7, 11) is 1.61. The summed E-state index contributed by atoms with van der Waals surface area (Å²) in [4.78, 5) is 0. The minimum absolute atomic E-state index is 0.0795. The molecule has 1 unspecified atom stereocenters. The lowest BCUT2D eigenvalue weighted by molar-refractivity contribution is 0.181. The Bertz CT molecular complexity index is 81.8. The number of halogens is 2. The maximum absolute atomic E-state index is 5.55. The topological polar surface area (TPSA) is 9.23 Å². The van der Waals surface area contributed by atoms with Crippen molar-refractivity contribution in [3.63, 3.8) is 0 Å². The molecule has 1 rings (SSSR count). The zero-order valence-corrected chi connectivity index (χ0v) is 5.46. The first-order valence-electron chi connectivity index (χ1n) is 2.07. The largest absolute Gasteiger partial charge is 0.378 e. The Hall–Kier alpha value is 0.540. The lowest BCUT2D eigenvalue weighted by atomic mass is 10.8. The Morgan fingerprint density at radius 1 is 1.71 bits per heavy atom. The van der Waals surface area contributed by atoms with Crippen LogP contribution in [0, 0.1) is 0 Å². The van der Waals surface area contributed by atoms with Crippen LogP contribution in [0.4, 0.5) is 0 Å². The van der Waals surface area contributed by atoms with Gasteiger partial charge in [0, 0.05) is 13.5 Å². The van der Waals surface area contributed by atoms with Crippen molar-refractivity contribution < 1.29 is 4.74 Å². The molecule has 1 atom stereocenters. The summed E-state index contributed by atoms with van der Waals surface area (Å²) in [6.07, 6.45) is 0.850. The quantitative estimate of drug-likeness (QED) is 0.503. The molecule has 1 aliphatic carbocycles. The fourth-order valence-electron chi connectivity index (χ4n) is 0.444. The Kier molecular flexibility index (Phi) is 1.22. The second-order valence-corrected chi connectivity index (χ2v) is 3.23. The van der Waals surface area contributed by atoms with Crippen LogP contribution in [-0.4, -0.2) is 17.5 Å². The van der Waals surface area contributed by atoms with Gasteiger partial charge in [0.1, 0.15) is 4.33 Å². The molecule has 0 heterocycles. The van der Waals surface area contributed by atoms with Crippen LogP contribution in [0.15, 0.2) is 0 Å². The number of alkyl halides is 2. The van der Waals surface area contributed by atoms with Gasteiger partial charge in [0.25, 0.3) is 0 Å². The van der Waals surface area contributed by atoms with Gasteiger partial charge in [-0.1, -0.05) is 23.2 Å². The van der Waals surface area contributed by atoms with Crippen LogP contribution in [0.2, 0.25) is 0 Å². The van der Waals surface area contributed by atoms with E-state index >= 15 is 0 Å². The van der Waals surface area contributed by atoms with Gasteiger partial charge in [-0.15, -0.1) is 0 Å². The molecule has 0 amide bonds. The van der Waals surface area contributed by atoms with E-state index < -0.39 is 4.33 Å². The smallest absolute Gasteiger partial charge is 0.146 e. The molecule has 0 aliphatic heterocycles. The van der Waals surface area contributed by atoms with E-state index in [1.807, 2.05) is 0 Å². The van der Waals surface area contributed by atoms with Gasteiger partial charge in [-0.05, 0) is 0 Å². The molecular formula is C4H6Cl2O. The molecule has 0 spiro atoms. The third kappa shape index (κ3) is 1.01. The van der Waals surface area contributed by atoms with E-state index in [4.69, 9.17) is 27.9 Å². The molecule has 0 aromatic rings. The van der Waals surface area contributed by atoms with Crippen LogP contribution < -0.4 is 0 Å². The fourth-order valence-corrected chi connectivity index (χ4v) is 0.902. The zero-order valence-electron chi connectivity index (χ0n) is 3.95. The van der Waals surface area contributed by atoms with Gasteiger partial charge in [-0.3, -0.25) is 0 Å². The first-order chi connectivity index (χ1) is 3.17. The monoisotopic (exact) mass is 140 g/mol. The Balaban J connectivity index is 2.30. The van der Waals surface area contributed by atoms with Crippen LogP contribution >= 0.6 is 23.2 Å². The number of ether oxygens (including phenoxy) is 1. The van der Waals surface area contributed by atoms with E-state index in [0.29, 0.717) is 0 Å². The third-order valence-electron chi connectivity index (χ3n) is 1.05. The summed E-state index contributed by atoms with van der Waals surface area (Å²) in [5.41, 5.74) is 0. The number of rotatable bonds is 1. The van der Waals surface area contributed by atoms with E-state index in [1.165, 1.54) is 0 Å². The molecule has 42 valence electrons. The predicted octanol–water partition coefficient (Wildman–Crippen LogP) is 1.58. The van der Waals surface area contributed by atoms with Crippen molar-refractivity contribution in [3.8, 4) is 0 Å². The highest BCUT2D eigenvalue weighted by Gasteiger charge is 2.52. The second-order valence-electron chi connectivity index (χ2n) is 1.69. The van der Waals surface area contributed by atoms with Gasteiger partial charge in [0.2, 0.25) is 0 Å². The fraction of sp³-hybridized carbons (Fsp3) is 1.00. The highest BCUT2D eigenvalue weighted by atomic mass is 35.5. The average molecular weight is 141 g/mol. The van der Waals surface area contributed by atoms with E-state index in [9.17, 15) is 0 Å². The molecule has 0 saturated heterocycles. The number of methoxy groups -OCH3 is 1. The standard InChI is InChI=1S/C4H6Cl2O/c1-7-3-2-4(3,5)6/h3H,2H2,1H3. The van der Waals surface area contributed by atoms with E-state index in [2.05, 4.69) is 0 Å². The van der Waals surface area contributed by atoms with Gasteiger partial charge in [-0.2, -0.15) is 0 Å². The molecule has 3 heteroatoms. The number of hydrogen-bond donors (Lipinski definition) is 0. The average Bonchev–Trinajstić information content (AvgIpc) is 2.13.